The van der Waals surface area contributed by atoms with E-state index in [1.54, 1.807) is 16.9 Å². The van der Waals surface area contributed by atoms with Gasteiger partial charge < -0.3 is 4.74 Å². The number of carbonyl (C=O) groups is 1. The molecule has 0 unspecified atom stereocenters. The van der Waals surface area contributed by atoms with Gasteiger partial charge in [-0.15, -0.1) is 0 Å². The van der Waals surface area contributed by atoms with Crippen molar-refractivity contribution in [1.29, 1.82) is 0 Å². The van der Waals surface area contributed by atoms with Gasteiger partial charge in [0, 0.05) is 12.2 Å². The molecule has 2 heterocycles. The Hall–Kier alpha value is -2.41. The summed E-state index contributed by atoms with van der Waals surface area (Å²) in [6.07, 6.45) is 1.63. The van der Waals surface area contributed by atoms with Gasteiger partial charge in [-0.3, -0.25) is 14.8 Å². The number of nitrogens with zero attached hydrogens (tertiary/aromatic N) is 3. The summed E-state index contributed by atoms with van der Waals surface area (Å²) >= 11 is 1.42. The summed E-state index contributed by atoms with van der Waals surface area (Å²) in [6.45, 7) is 6.53. The van der Waals surface area contributed by atoms with Crippen molar-refractivity contribution in [2.75, 3.05) is 11.9 Å². The quantitative estimate of drug-likeness (QED) is 0.774. The first kappa shape index (κ1) is 15.5. The summed E-state index contributed by atoms with van der Waals surface area (Å²) < 4.78 is 8.15. The van der Waals surface area contributed by atoms with Crippen molar-refractivity contribution in [2.45, 2.75) is 26.8 Å². The van der Waals surface area contributed by atoms with Crippen molar-refractivity contribution < 1.29 is 9.53 Å². The molecule has 0 saturated heterocycles. The molecular formula is C16H18N4O2S. The Kier molecular flexibility index (Phi) is 4.29. The molecular weight excluding hydrogens is 312 g/mol. The van der Waals surface area contributed by atoms with Gasteiger partial charge in [-0.1, -0.05) is 11.3 Å². The zero-order chi connectivity index (χ0) is 16.4. The van der Waals surface area contributed by atoms with E-state index in [1.807, 2.05) is 39.0 Å². The molecule has 120 valence electrons. The molecule has 0 radical (unpaired) electrons. The lowest BCUT2D eigenvalue weighted by Gasteiger charge is -2.09. The molecule has 0 saturated carbocycles. The summed E-state index contributed by atoms with van der Waals surface area (Å²) in [6, 6.07) is 7.53. The Bertz CT molecular complexity index is 838. The molecule has 6 nitrogen and oxygen atoms in total. The van der Waals surface area contributed by atoms with Gasteiger partial charge >= 0.3 is 0 Å². The van der Waals surface area contributed by atoms with Crippen LogP contribution in [0.2, 0.25) is 0 Å². The van der Waals surface area contributed by atoms with Crippen molar-refractivity contribution in [3.05, 3.63) is 36.2 Å². The Morgan fingerprint density at radius 1 is 1.39 bits per heavy atom. The van der Waals surface area contributed by atoms with Crippen molar-refractivity contribution in [3.8, 4) is 5.75 Å². The molecule has 0 aliphatic heterocycles. The molecule has 1 N–H and O–H groups in total. The lowest BCUT2D eigenvalue weighted by molar-refractivity contribution is 0.101. The zero-order valence-corrected chi connectivity index (χ0v) is 14.1. The minimum atomic E-state index is -0.208. The van der Waals surface area contributed by atoms with Gasteiger partial charge in [-0.2, -0.15) is 5.10 Å². The van der Waals surface area contributed by atoms with Gasteiger partial charge in [-0.05, 0) is 45.0 Å². The predicted molar refractivity (Wildman–Crippen MR) is 91.4 cm³/mol. The zero-order valence-electron chi connectivity index (χ0n) is 13.2. The second-order valence-electron chi connectivity index (χ2n) is 5.29. The van der Waals surface area contributed by atoms with Crippen LogP contribution in [0.3, 0.4) is 0 Å². The van der Waals surface area contributed by atoms with E-state index in [0.717, 1.165) is 16.0 Å². The van der Waals surface area contributed by atoms with Crippen LogP contribution in [0.15, 0.2) is 30.5 Å². The number of aromatic nitrogens is 3. The third-order valence-electron chi connectivity index (χ3n) is 3.28. The van der Waals surface area contributed by atoms with Gasteiger partial charge in [0.1, 0.15) is 11.4 Å². The summed E-state index contributed by atoms with van der Waals surface area (Å²) in [4.78, 5) is 16.9. The van der Waals surface area contributed by atoms with Crippen LogP contribution in [-0.2, 0) is 0 Å². The predicted octanol–water partition coefficient (Wildman–Crippen LogP) is 3.72. The highest BCUT2D eigenvalue weighted by molar-refractivity contribution is 7.22. The lowest BCUT2D eigenvalue weighted by atomic mass is 10.3. The van der Waals surface area contributed by atoms with Crippen molar-refractivity contribution >= 4 is 32.6 Å². The number of ether oxygens (including phenoxy) is 1. The van der Waals surface area contributed by atoms with Gasteiger partial charge in [0.15, 0.2) is 5.13 Å². The number of benzene rings is 1. The van der Waals surface area contributed by atoms with Crippen LogP contribution in [0.25, 0.3) is 10.2 Å². The highest BCUT2D eigenvalue weighted by Gasteiger charge is 2.16. The Labute approximate surface area is 138 Å². The smallest absolute Gasteiger partial charge is 0.275 e. The topological polar surface area (TPSA) is 69.0 Å². The lowest BCUT2D eigenvalue weighted by Crippen LogP contribution is -2.18. The van der Waals surface area contributed by atoms with Crippen LogP contribution in [0.5, 0.6) is 5.75 Å². The van der Waals surface area contributed by atoms with Gasteiger partial charge in [-0.25, -0.2) is 4.98 Å². The van der Waals surface area contributed by atoms with Crippen molar-refractivity contribution in [2.24, 2.45) is 0 Å². The summed E-state index contributed by atoms with van der Waals surface area (Å²) in [5.74, 6) is 0.597. The number of fused-ring (bicyclic) bond motifs is 1. The minimum absolute atomic E-state index is 0.120. The minimum Gasteiger partial charge on any atom is -0.494 e. The van der Waals surface area contributed by atoms with E-state index in [1.165, 1.54) is 11.3 Å². The van der Waals surface area contributed by atoms with Crippen LogP contribution in [0.4, 0.5) is 5.13 Å². The average Bonchev–Trinajstić information content (AvgIpc) is 3.12. The summed E-state index contributed by atoms with van der Waals surface area (Å²) in [5.41, 5.74) is 1.36. The van der Waals surface area contributed by atoms with Gasteiger partial charge in [0.2, 0.25) is 0 Å². The third kappa shape index (κ3) is 3.19. The maximum absolute atomic E-state index is 12.4. The van der Waals surface area contributed by atoms with E-state index in [0.29, 0.717) is 17.4 Å². The second kappa shape index (κ2) is 6.37. The fourth-order valence-electron chi connectivity index (χ4n) is 2.28. The molecule has 3 aromatic rings. The first-order chi connectivity index (χ1) is 11.1. The molecule has 0 aliphatic rings. The van der Waals surface area contributed by atoms with E-state index < -0.39 is 0 Å². The van der Waals surface area contributed by atoms with Crippen molar-refractivity contribution in [1.82, 2.24) is 14.8 Å². The highest BCUT2D eigenvalue weighted by Crippen LogP contribution is 2.29. The molecule has 0 aliphatic carbocycles. The molecule has 2 aromatic heterocycles. The molecule has 0 bridgehead atoms. The molecule has 1 amide bonds. The number of nitrogens with one attached hydrogen (secondary N) is 1. The molecule has 0 atom stereocenters. The summed E-state index contributed by atoms with van der Waals surface area (Å²) in [5, 5.41) is 7.59. The molecule has 0 fully saturated rings. The monoisotopic (exact) mass is 330 g/mol. The molecule has 7 heteroatoms. The van der Waals surface area contributed by atoms with E-state index in [2.05, 4.69) is 15.4 Å². The molecule has 3 rings (SSSR count). The van der Waals surface area contributed by atoms with Crippen LogP contribution < -0.4 is 10.1 Å². The molecule has 1 aromatic carbocycles. The third-order valence-corrected chi connectivity index (χ3v) is 4.22. The van der Waals surface area contributed by atoms with Crippen LogP contribution in [0, 0.1) is 0 Å². The first-order valence-electron chi connectivity index (χ1n) is 7.46. The number of amides is 1. The number of carbonyl (C=O) groups excluding carboxylic acids is 1. The van der Waals surface area contributed by atoms with E-state index in [9.17, 15) is 4.79 Å². The molecule has 23 heavy (non-hydrogen) atoms. The van der Waals surface area contributed by atoms with Crippen LogP contribution in [-0.4, -0.2) is 27.3 Å². The fourth-order valence-corrected chi connectivity index (χ4v) is 3.17. The largest absolute Gasteiger partial charge is 0.494 e. The van der Waals surface area contributed by atoms with E-state index >= 15 is 0 Å². The highest BCUT2D eigenvalue weighted by atomic mass is 32.1. The van der Waals surface area contributed by atoms with Crippen molar-refractivity contribution in [3.63, 3.8) is 0 Å². The second-order valence-corrected chi connectivity index (χ2v) is 6.32. The van der Waals surface area contributed by atoms with Crippen LogP contribution >= 0.6 is 11.3 Å². The Morgan fingerprint density at radius 3 is 2.96 bits per heavy atom. The maximum Gasteiger partial charge on any atom is 0.275 e. The van der Waals surface area contributed by atoms with E-state index in [4.69, 9.17) is 4.74 Å². The first-order valence-corrected chi connectivity index (χ1v) is 8.28. The number of thiazole rings is 1. The molecule has 0 spiro atoms. The standard InChI is InChI=1S/C16H18N4O2S/c1-4-22-11-5-6-12-14(9-11)23-16(18-12)19-15(21)13-7-8-17-20(13)10(2)3/h5-10H,4H2,1-3H3,(H,18,19,21). The Balaban J connectivity index is 1.83. The SMILES string of the molecule is CCOc1ccc2nc(NC(=O)c3ccnn3C(C)C)sc2c1. The average molecular weight is 330 g/mol. The maximum atomic E-state index is 12.4. The van der Waals surface area contributed by atoms with E-state index in [-0.39, 0.29) is 11.9 Å². The van der Waals surface area contributed by atoms with Crippen LogP contribution in [0.1, 0.15) is 37.3 Å². The summed E-state index contributed by atoms with van der Waals surface area (Å²) in [7, 11) is 0. The number of anilines is 1. The van der Waals surface area contributed by atoms with Gasteiger partial charge in [0.25, 0.3) is 5.91 Å². The fraction of sp³-hybridized carbons (Fsp3) is 0.312. The Morgan fingerprint density at radius 2 is 2.22 bits per heavy atom. The number of hydrogen-bond donors (Lipinski definition) is 1. The number of hydrogen-bond acceptors (Lipinski definition) is 5. The number of rotatable bonds is 5. The normalized spacial score (nSPS) is 11.1. The van der Waals surface area contributed by atoms with Gasteiger partial charge in [0.05, 0.1) is 16.8 Å².